The van der Waals surface area contributed by atoms with Gasteiger partial charge < -0.3 is 5.32 Å². The highest BCUT2D eigenvalue weighted by molar-refractivity contribution is 7.99. The van der Waals surface area contributed by atoms with Crippen LogP contribution in [0.2, 0.25) is 0 Å². The van der Waals surface area contributed by atoms with Crippen LogP contribution < -0.4 is 5.32 Å². The number of hydrogen-bond donors (Lipinski definition) is 1. The van der Waals surface area contributed by atoms with Crippen LogP contribution in [0.5, 0.6) is 0 Å². The summed E-state index contributed by atoms with van der Waals surface area (Å²) in [4.78, 5) is 13.2. The van der Waals surface area contributed by atoms with Gasteiger partial charge in [-0.2, -0.15) is 0 Å². The number of nitrogens with one attached hydrogen (secondary N) is 1. The van der Waals surface area contributed by atoms with Crippen LogP contribution in [0.25, 0.3) is 0 Å². The fraction of sp³-hybridized carbons (Fsp3) is 0.556. The Kier molecular flexibility index (Phi) is 4.27. The van der Waals surface area contributed by atoms with Crippen LogP contribution in [0.1, 0.15) is 37.7 Å². The topological polar surface area (TPSA) is 72.7 Å². The number of nitrogens with zero attached hydrogens (tertiary/aromatic N) is 4. The van der Waals surface area contributed by atoms with Crippen LogP contribution in [0.3, 0.4) is 0 Å². The van der Waals surface area contributed by atoms with E-state index in [2.05, 4.69) is 33.0 Å². The van der Waals surface area contributed by atoms with E-state index in [-0.39, 0.29) is 16.7 Å². The van der Waals surface area contributed by atoms with Crippen molar-refractivity contribution in [3.63, 3.8) is 0 Å². The van der Waals surface area contributed by atoms with E-state index in [0.29, 0.717) is 6.54 Å². The van der Waals surface area contributed by atoms with E-state index in [1.807, 2.05) is 25.2 Å². The zero-order valence-corrected chi connectivity index (χ0v) is 15.3. The Hall–Kier alpha value is -1.89. The summed E-state index contributed by atoms with van der Waals surface area (Å²) < 4.78 is 1.65. The SMILES string of the molecule is Cn1nnnc1SCCNC(=O)C1(c2ccccc2)CC12CCCC2. The number of carbonyl (C=O) groups excluding carboxylic acids is 1. The van der Waals surface area contributed by atoms with Gasteiger partial charge >= 0.3 is 0 Å². The minimum absolute atomic E-state index is 0.192. The summed E-state index contributed by atoms with van der Waals surface area (Å²) >= 11 is 1.56. The highest BCUT2D eigenvalue weighted by Gasteiger charge is 2.72. The van der Waals surface area contributed by atoms with Crippen molar-refractivity contribution in [2.24, 2.45) is 12.5 Å². The van der Waals surface area contributed by atoms with E-state index in [0.717, 1.165) is 17.3 Å². The van der Waals surface area contributed by atoms with Crippen molar-refractivity contribution in [3.05, 3.63) is 35.9 Å². The number of tetrazole rings is 1. The van der Waals surface area contributed by atoms with Gasteiger partial charge in [0.25, 0.3) is 0 Å². The first-order chi connectivity index (χ1) is 12.2. The molecule has 2 aromatic rings. The van der Waals surface area contributed by atoms with Crippen LogP contribution in [0.15, 0.2) is 35.5 Å². The standard InChI is InChI=1S/C18H23N5OS/c1-23-16(20-21-22-23)25-12-11-19-15(24)18(14-7-3-2-4-8-14)13-17(18)9-5-6-10-17/h2-4,7-8H,5-6,9-13H2,1H3,(H,19,24). The zero-order chi connectivity index (χ0) is 17.3. The average Bonchev–Trinajstić information content (AvgIpc) is 2.89. The second-order valence-electron chi connectivity index (χ2n) is 7.12. The predicted octanol–water partition coefficient (Wildman–Crippen LogP) is 2.32. The molecular formula is C18H23N5OS. The van der Waals surface area contributed by atoms with Crippen LogP contribution in [-0.4, -0.2) is 38.4 Å². The molecule has 1 amide bonds. The number of rotatable bonds is 6. The van der Waals surface area contributed by atoms with Gasteiger partial charge in [0.2, 0.25) is 11.1 Å². The lowest BCUT2D eigenvalue weighted by atomic mass is 9.84. The Morgan fingerprint density at radius 1 is 1.28 bits per heavy atom. The van der Waals surface area contributed by atoms with E-state index >= 15 is 0 Å². The Labute approximate surface area is 151 Å². The Morgan fingerprint density at radius 3 is 2.72 bits per heavy atom. The van der Waals surface area contributed by atoms with Crippen LogP contribution in [0.4, 0.5) is 0 Å². The highest BCUT2D eigenvalue weighted by Crippen LogP contribution is 2.72. The smallest absolute Gasteiger partial charge is 0.231 e. The van der Waals surface area contributed by atoms with Crippen LogP contribution >= 0.6 is 11.8 Å². The molecule has 1 spiro atoms. The number of thioether (sulfide) groups is 1. The molecule has 4 rings (SSSR count). The molecule has 1 heterocycles. The lowest BCUT2D eigenvalue weighted by molar-refractivity contribution is -0.124. The van der Waals surface area contributed by atoms with E-state index in [1.54, 1.807) is 16.4 Å². The van der Waals surface area contributed by atoms with Gasteiger partial charge in [-0.3, -0.25) is 4.79 Å². The maximum absolute atomic E-state index is 13.2. The van der Waals surface area contributed by atoms with Gasteiger partial charge in [0.15, 0.2) is 0 Å². The molecule has 0 aliphatic heterocycles. The molecule has 0 saturated heterocycles. The molecule has 25 heavy (non-hydrogen) atoms. The molecule has 1 unspecified atom stereocenters. The predicted molar refractivity (Wildman–Crippen MR) is 96.2 cm³/mol. The monoisotopic (exact) mass is 357 g/mol. The van der Waals surface area contributed by atoms with Gasteiger partial charge in [0.1, 0.15) is 0 Å². The largest absolute Gasteiger partial charge is 0.354 e. The van der Waals surface area contributed by atoms with E-state index < -0.39 is 0 Å². The molecule has 7 heteroatoms. The molecule has 1 aromatic heterocycles. The number of aryl methyl sites for hydroxylation is 1. The fourth-order valence-corrected chi connectivity index (χ4v) is 5.21. The summed E-state index contributed by atoms with van der Waals surface area (Å²) in [5.74, 6) is 0.954. The molecule has 1 aromatic carbocycles. The van der Waals surface area contributed by atoms with Crippen molar-refractivity contribution < 1.29 is 4.79 Å². The van der Waals surface area contributed by atoms with Gasteiger partial charge in [-0.1, -0.05) is 54.9 Å². The maximum Gasteiger partial charge on any atom is 0.231 e. The number of amides is 1. The molecular weight excluding hydrogens is 334 g/mol. The van der Waals surface area contributed by atoms with Gasteiger partial charge in [-0.15, -0.1) is 5.10 Å². The molecule has 132 valence electrons. The molecule has 0 bridgehead atoms. The summed E-state index contributed by atoms with van der Waals surface area (Å²) in [6.45, 7) is 0.626. The van der Waals surface area contributed by atoms with Gasteiger partial charge in [0.05, 0.1) is 5.41 Å². The molecule has 1 N–H and O–H groups in total. The normalized spacial score (nSPS) is 23.7. The quantitative estimate of drug-likeness (QED) is 0.634. The van der Waals surface area contributed by atoms with Crippen molar-refractivity contribution in [1.82, 2.24) is 25.5 Å². The van der Waals surface area contributed by atoms with Gasteiger partial charge in [-0.05, 0) is 40.7 Å². The van der Waals surface area contributed by atoms with E-state index in [1.165, 1.54) is 31.2 Å². The average molecular weight is 357 g/mol. The first kappa shape index (κ1) is 16.6. The summed E-state index contributed by atoms with van der Waals surface area (Å²) in [6.07, 6.45) is 5.84. The van der Waals surface area contributed by atoms with Gasteiger partial charge in [0, 0.05) is 19.3 Å². The van der Waals surface area contributed by atoms with Crippen molar-refractivity contribution in [2.75, 3.05) is 12.3 Å². The zero-order valence-electron chi connectivity index (χ0n) is 14.4. The third kappa shape index (κ3) is 2.74. The lowest BCUT2D eigenvalue weighted by Crippen LogP contribution is -2.39. The first-order valence-corrected chi connectivity index (χ1v) is 9.86. The van der Waals surface area contributed by atoms with Crippen LogP contribution in [0, 0.1) is 5.41 Å². The molecule has 2 fully saturated rings. The first-order valence-electron chi connectivity index (χ1n) is 8.87. The summed E-state index contributed by atoms with van der Waals surface area (Å²) in [5, 5.41) is 15.3. The fourth-order valence-electron chi connectivity index (χ4n) is 4.50. The second kappa shape index (κ2) is 6.44. The van der Waals surface area contributed by atoms with E-state index in [4.69, 9.17) is 0 Å². The molecule has 0 radical (unpaired) electrons. The van der Waals surface area contributed by atoms with Crippen molar-refractivity contribution in [3.8, 4) is 0 Å². The molecule has 6 nitrogen and oxygen atoms in total. The number of hydrogen-bond acceptors (Lipinski definition) is 5. The third-order valence-electron chi connectivity index (χ3n) is 5.80. The molecule has 2 saturated carbocycles. The highest BCUT2D eigenvalue weighted by atomic mass is 32.2. The maximum atomic E-state index is 13.2. The van der Waals surface area contributed by atoms with Crippen molar-refractivity contribution in [1.29, 1.82) is 0 Å². The lowest BCUT2D eigenvalue weighted by Gasteiger charge is -2.22. The van der Waals surface area contributed by atoms with Crippen molar-refractivity contribution >= 4 is 17.7 Å². The Bertz CT molecular complexity index is 756. The third-order valence-corrected chi connectivity index (χ3v) is 6.81. The number of carbonyl (C=O) groups is 1. The van der Waals surface area contributed by atoms with Crippen molar-refractivity contribution in [2.45, 2.75) is 42.7 Å². The van der Waals surface area contributed by atoms with Crippen LogP contribution in [-0.2, 0) is 17.3 Å². The Morgan fingerprint density at radius 2 is 2.04 bits per heavy atom. The number of benzene rings is 1. The summed E-state index contributed by atoms with van der Waals surface area (Å²) in [6, 6.07) is 10.3. The minimum Gasteiger partial charge on any atom is -0.354 e. The minimum atomic E-state index is -0.318. The molecule has 1 atom stereocenters. The number of aromatic nitrogens is 4. The Balaban J connectivity index is 1.42. The molecule has 2 aliphatic carbocycles. The van der Waals surface area contributed by atoms with E-state index in [9.17, 15) is 4.79 Å². The summed E-state index contributed by atoms with van der Waals surface area (Å²) in [5.41, 5.74) is 1.06. The van der Waals surface area contributed by atoms with Gasteiger partial charge in [-0.25, -0.2) is 4.68 Å². The second-order valence-corrected chi connectivity index (χ2v) is 8.19. The summed E-state index contributed by atoms with van der Waals surface area (Å²) in [7, 11) is 1.82. The molecule has 2 aliphatic rings.